The van der Waals surface area contributed by atoms with E-state index in [4.69, 9.17) is 0 Å². The first-order chi connectivity index (χ1) is 15.9. The first-order valence-electron chi connectivity index (χ1n) is 11.1. The Morgan fingerprint density at radius 2 is 1.76 bits per heavy atom. The zero-order valence-electron chi connectivity index (χ0n) is 19.1. The van der Waals surface area contributed by atoms with Gasteiger partial charge in [-0.3, -0.25) is 14.4 Å². The summed E-state index contributed by atoms with van der Waals surface area (Å²) in [7, 11) is 3.37. The maximum absolute atomic E-state index is 13.6. The van der Waals surface area contributed by atoms with Gasteiger partial charge >= 0.3 is 0 Å². The monoisotopic (exact) mass is 447 g/mol. The van der Waals surface area contributed by atoms with Crippen LogP contribution in [-0.4, -0.2) is 63.3 Å². The van der Waals surface area contributed by atoms with E-state index in [-0.39, 0.29) is 30.2 Å². The van der Waals surface area contributed by atoms with Gasteiger partial charge in [-0.05, 0) is 24.1 Å². The Balaban J connectivity index is 1.65. The summed E-state index contributed by atoms with van der Waals surface area (Å²) in [6.07, 6.45) is 2.32. The van der Waals surface area contributed by atoms with E-state index in [0.29, 0.717) is 13.0 Å². The van der Waals surface area contributed by atoms with E-state index < -0.39 is 12.1 Å². The second kappa shape index (κ2) is 9.44. The molecule has 3 atom stereocenters. The Bertz CT molecular complexity index is 1160. The van der Waals surface area contributed by atoms with E-state index >= 15 is 0 Å². The molecule has 0 aliphatic carbocycles. The third-order valence-corrected chi connectivity index (χ3v) is 6.13. The van der Waals surface area contributed by atoms with Gasteiger partial charge in [0.25, 0.3) is 0 Å². The van der Waals surface area contributed by atoms with Crippen molar-refractivity contribution >= 4 is 28.8 Å². The largest absolute Gasteiger partial charge is 0.351 e. The molecule has 1 saturated heterocycles. The first kappa shape index (κ1) is 22.5. The molecule has 0 unspecified atom stereocenters. The predicted octanol–water partition coefficient (Wildman–Crippen LogP) is 2.36. The van der Waals surface area contributed by atoms with Gasteiger partial charge in [0.1, 0.15) is 6.04 Å². The highest BCUT2D eigenvalue weighted by Gasteiger charge is 2.48. The molecule has 3 amide bonds. The van der Waals surface area contributed by atoms with Gasteiger partial charge < -0.3 is 19.7 Å². The highest BCUT2D eigenvalue weighted by Crippen LogP contribution is 2.38. The number of benzene rings is 2. The molecule has 2 heterocycles. The number of hydrogen-bond acceptors (Lipinski definition) is 4. The quantitative estimate of drug-likeness (QED) is 0.628. The second-order valence-electron chi connectivity index (χ2n) is 8.62. The van der Waals surface area contributed by atoms with E-state index in [9.17, 15) is 14.4 Å². The van der Waals surface area contributed by atoms with Crippen LogP contribution in [0.25, 0.3) is 11.0 Å². The van der Waals surface area contributed by atoms with Crippen LogP contribution in [-0.2, 0) is 20.9 Å². The molecule has 0 bridgehead atoms. The van der Waals surface area contributed by atoms with Crippen LogP contribution in [0.1, 0.15) is 31.4 Å². The number of aromatic nitrogens is 2. The van der Waals surface area contributed by atoms with Crippen LogP contribution in [0.3, 0.4) is 0 Å². The van der Waals surface area contributed by atoms with Gasteiger partial charge in [-0.15, -0.1) is 0 Å². The minimum absolute atomic E-state index is 0.130. The number of carbonyl (C=O) groups is 3. The highest BCUT2D eigenvalue weighted by molar-refractivity contribution is 5.89. The fourth-order valence-corrected chi connectivity index (χ4v) is 4.69. The maximum Gasteiger partial charge on any atom is 0.244 e. The molecule has 2 aromatic carbocycles. The smallest absolute Gasteiger partial charge is 0.244 e. The molecule has 172 valence electrons. The van der Waals surface area contributed by atoms with Crippen LogP contribution in [0.2, 0.25) is 0 Å². The summed E-state index contributed by atoms with van der Waals surface area (Å²) in [6.45, 7) is 1.91. The molecule has 8 nitrogen and oxygen atoms in total. The molecule has 8 heteroatoms. The normalized spacial score (nSPS) is 20.1. The molecule has 1 aliphatic rings. The molecule has 0 spiro atoms. The number of aryl methyl sites for hydroxylation is 1. The second-order valence-corrected chi connectivity index (χ2v) is 8.62. The number of likely N-dealkylation sites (N-methyl/N-ethyl adjacent to an activating group) is 1. The molecule has 1 N–H and O–H groups in total. The standard InChI is InChI=1S/C25H29N5O3/c1-17(31)27-20-15-22(25(33)28(2)3)30(24(20)18-9-5-4-6-10-18)23(32)13-14-29-16-26-19-11-7-8-12-21(19)29/h4-12,16,20,22,24H,13-15H2,1-3H3,(H,27,31)/t20-,22-,24-/m0/s1. The van der Waals surface area contributed by atoms with Crippen molar-refractivity contribution in [2.45, 2.75) is 44.4 Å². The first-order valence-corrected chi connectivity index (χ1v) is 11.1. The molecule has 0 saturated carbocycles. The van der Waals surface area contributed by atoms with Crippen molar-refractivity contribution in [2.75, 3.05) is 14.1 Å². The Hall–Kier alpha value is -3.68. The van der Waals surface area contributed by atoms with Gasteiger partial charge in [-0.25, -0.2) is 4.98 Å². The third-order valence-electron chi connectivity index (χ3n) is 6.13. The van der Waals surface area contributed by atoms with Crippen molar-refractivity contribution in [1.82, 2.24) is 24.7 Å². The van der Waals surface area contributed by atoms with Crippen LogP contribution < -0.4 is 5.32 Å². The molecule has 1 aliphatic heterocycles. The molecule has 4 rings (SSSR count). The van der Waals surface area contributed by atoms with Crippen LogP contribution in [0.4, 0.5) is 0 Å². The molecule has 1 aromatic heterocycles. The minimum Gasteiger partial charge on any atom is -0.351 e. The summed E-state index contributed by atoms with van der Waals surface area (Å²) in [5.41, 5.74) is 2.73. The van der Waals surface area contributed by atoms with Crippen LogP contribution in [0.15, 0.2) is 60.9 Å². The SMILES string of the molecule is CC(=O)N[C@H]1C[C@@H](C(=O)N(C)C)N(C(=O)CCn2cnc3ccccc32)[C@H]1c1ccccc1. The summed E-state index contributed by atoms with van der Waals surface area (Å²) in [5, 5.41) is 2.97. The van der Waals surface area contributed by atoms with Gasteiger partial charge in [0.2, 0.25) is 17.7 Å². The van der Waals surface area contributed by atoms with E-state index in [2.05, 4.69) is 10.3 Å². The number of carbonyl (C=O) groups excluding carboxylic acids is 3. The number of nitrogens with zero attached hydrogens (tertiary/aromatic N) is 4. The van der Waals surface area contributed by atoms with Crippen molar-refractivity contribution in [1.29, 1.82) is 0 Å². The number of hydrogen-bond donors (Lipinski definition) is 1. The lowest BCUT2D eigenvalue weighted by atomic mass is 9.99. The van der Waals surface area contributed by atoms with Crippen LogP contribution >= 0.6 is 0 Å². The zero-order chi connectivity index (χ0) is 23.5. The number of fused-ring (bicyclic) bond motifs is 1. The molecular weight excluding hydrogens is 418 g/mol. The van der Waals surface area contributed by atoms with E-state index in [1.165, 1.54) is 11.8 Å². The fourth-order valence-electron chi connectivity index (χ4n) is 4.69. The van der Waals surface area contributed by atoms with Gasteiger partial charge in [-0.1, -0.05) is 42.5 Å². The van der Waals surface area contributed by atoms with Gasteiger partial charge in [0, 0.05) is 34.0 Å². The van der Waals surface area contributed by atoms with Crippen molar-refractivity contribution in [3.63, 3.8) is 0 Å². The summed E-state index contributed by atoms with van der Waals surface area (Å²) >= 11 is 0. The number of para-hydroxylation sites is 2. The Labute approximate surface area is 193 Å². The minimum atomic E-state index is -0.644. The Morgan fingerprint density at radius 1 is 1.06 bits per heavy atom. The van der Waals surface area contributed by atoms with Crippen LogP contribution in [0.5, 0.6) is 0 Å². The average Bonchev–Trinajstić information content (AvgIpc) is 3.38. The zero-order valence-corrected chi connectivity index (χ0v) is 19.1. The number of rotatable bonds is 6. The molecule has 1 fully saturated rings. The third kappa shape index (κ3) is 4.60. The Morgan fingerprint density at radius 3 is 2.45 bits per heavy atom. The highest BCUT2D eigenvalue weighted by atomic mass is 16.2. The maximum atomic E-state index is 13.6. The lowest BCUT2D eigenvalue weighted by molar-refractivity contribution is -0.144. The molecule has 33 heavy (non-hydrogen) atoms. The lowest BCUT2D eigenvalue weighted by Crippen LogP contribution is -2.47. The lowest BCUT2D eigenvalue weighted by Gasteiger charge is -2.32. The topological polar surface area (TPSA) is 87.5 Å². The number of imidazole rings is 1. The summed E-state index contributed by atoms with van der Waals surface area (Å²) in [6, 6.07) is 16.0. The number of nitrogens with one attached hydrogen (secondary N) is 1. The molecular formula is C25H29N5O3. The number of likely N-dealkylation sites (tertiary alicyclic amines) is 1. The molecule has 3 aromatic rings. The van der Waals surface area contributed by atoms with Gasteiger partial charge in [-0.2, -0.15) is 0 Å². The van der Waals surface area contributed by atoms with E-state index in [1.807, 2.05) is 59.2 Å². The van der Waals surface area contributed by atoms with Crippen molar-refractivity contribution in [2.24, 2.45) is 0 Å². The summed E-state index contributed by atoms with van der Waals surface area (Å²) in [4.78, 5) is 46.2. The number of amides is 3. The van der Waals surface area contributed by atoms with Crippen molar-refractivity contribution < 1.29 is 14.4 Å². The van der Waals surface area contributed by atoms with Crippen molar-refractivity contribution in [3.05, 3.63) is 66.5 Å². The molecule has 0 radical (unpaired) electrons. The predicted molar refractivity (Wildman–Crippen MR) is 125 cm³/mol. The Kier molecular flexibility index (Phi) is 6.44. The van der Waals surface area contributed by atoms with E-state index in [0.717, 1.165) is 16.6 Å². The van der Waals surface area contributed by atoms with Gasteiger partial charge in [0.05, 0.1) is 29.4 Å². The summed E-state index contributed by atoms with van der Waals surface area (Å²) in [5.74, 6) is -0.462. The average molecular weight is 448 g/mol. The van der Waals surface area contributed by atoms with Crippen molar-refractivity contribution in [3.8, 4) is 0 Å². The fraction of sp³-hybridized carbons (Fsp3) is 0.360. The van der Waals surface area contributed by atoms with Gasteiger partial charge in [0.15, 0.2) is 0 Å². The van der Waals surface area contributed by atoms with E-state index in [1.54, 1.807) is 25.3 Å². The van der Waals surface area contributed by atoms with Crippen LogP contribution in [0, 0.1) is 0 Å². The summed E-state index contributed by atoms with van der Waals surface area (Å²) < 4.78 is 1.95.